The Balaban J connectivity index is 1.81. The molecule has 1 amide bonds. The fourth-order valence-corrected chi connectivity index (χ4v) is 1.68. The van der Waals surface area contributed by atoms with E-state index in [2.05, 4.69) is 10.5 Å². The number of hydrogen-bond donors (Lipinski definition) is 1. The number of aryl methyl sites for hydroxylation is 1. The van der Waals surface area contributed by atoms with E-state index in [1.54, 1.807) is 18.2 Å². The van der Waals surface area contributed by atoms with Crippen molar-refractivity contribution in [3.8, 4) is 5.75 Å². The maximum absolute atomic E-state index is 11.6. The second-order valence-electron chi connectivity index (χ2n) is 4.43. The van der Waals surface area contributed by atoms with Crippen molar-refractivity contribution >= 4 is 29.6 Å². The highest BCUT2D eigenvalue weighted by Crippen LogP contribution is 2.20. The number of carbonyl (C=O) groups excluding carboxylic acids is 1. The van der Waals surface area contributed by atoms with Gasteiger partial charge in [-0.05, 0) is 36.8 Å². The molecule has 9 heteroatoms. The van der Waals surface area contributed by atoms with E-state index in [4.69, 9.17) is 20.8 Å². The van der Waals surface area contributed by atoms with E-state index < -0.39 is 16.7 Å². The number of rotatable bonds is 6. The number of furan rings is 1. The number of benzene rings is 1. The molecule has 2 aromatic rings. The number of halogens is 1. The molecule has 120 valence electrons. The summed E-state index contributed by atoms with van der Waals surface area (Å²) in [5.41, 5.74) is 3.05. The van der Waals surface area contributed by atoms with E-state index in [1.165, 1.54) is 12.1 Å². The molecule has 1 N–H and O–H groups in total. The van der Waals surface area contributed by atoms with E-state index in [0.29, 0.717) is 10.8 Å². The lowest BCUT2D eigenvalue weighted by atomic mass is 10.2. The molecule has 0 saturated carbocycles. The second kappa shape index (κ2) is 7.41. The molecule has 0 bridgehead atoms. The lowest BCUT2D eigenvalue weighted by molar-refractivity contribution is -0.402. The van der Waals surface area contributed by atoms with Crippen molar-refractivity contribution < 1.29 is 18.9 Å². The van der Waals surface area contributed by atoms with Crippen LogP contribution in [0.15, 0.2) is 39.9 Å². The largest absolute Gasteiger partial charge is 0.484 e. The fraction of sp³-hybridized carbons (Fsp3) is 0.143. The lowest BCUT2D eigenvalue weighted by Gasteiger charge is -2.06. The number of hydrazone groups is 1. The van der Waals surface area contributed by atoms with Crippen LogP contribution in [0.3, 0.4) is 0 Å². The van der Waals surface area contributed by atoms with Crippen LogP contribution in [0.4, 0.5) is 5.88 Å². The number of nitro groups is 1. The monoisotopic (exact) mass is 337 g/mol. The Morgan fingerprint density at radius 2 is 2.26 bits per heavy atom. The van der Waals surface area contributed by atoms with Crippen molar-refractivity contribution in [1.29, 1.82) is 0 Å². The topological polar surface area (TPSA) is 107 Å². The zero-order valence-electron chi connectivity index (χ0n) is 12.0. The summed E-state index contributed by atoms with van der Waals surface area (Å²) in [6.45, 7) is 1.58. The molecule has 0 aliphatic carbocycles. The highest BCUT2D eigenvalue weighted by molar-refractivity contribution is 6.31. The Bertz CT molecular complexity index is 757. The molecule has 1 aromatic carbocycles. The first-order valence-electron chi connectivity index (χ1n) is 6.41. The van der Waals surface area contributed by atoms with Gasteiger partial charge in [-0.2, -0.15) is 5.10 Å². The standard InChI is InChI=1S/C14H12ClN3O5/c1-9-6-10(2-4-12(9)15)22-8-13(19)17-16-7-11-3-5-14(23-11)18(20)21/h2-7H,8H2,1H3,(H,17,19)/b16-7-. The van der Waals surface area contributed by atoms with Crippen molar-refractivity contribution in [2.75, 3.05) is 6.61 Å². The molecular formula is C14H12ClN3O5. The highest BCUT2D eigenvalue weighted by Gasteiger charge is 2.10. The van der Waals surface area contributed by atoms with Gasteiger partial charge >= 0.3 is 5.88 Å². The molecule has 0 unspecified atom stereocenters. The molecule has 1 heterocycles. The van der Waals surface area contributed by atoms with Crippen molar-refractivity contribution in [2.45, 2.75) is 6.92 Å². The van der Waals surface area contributed by atoms with Gasteiger partial charge in [0.25, 0.3) is 5.91 Å². The summed E-state index contributed by atoms with van der Waals surface area (Å²) in [5.74, 6) is -0.243. The first-order valence-corrected chi connectivity index (χ1v) is 6.78. The van der Waals surface area contributed by atoms with Gasteiger partial charge in [0.15, 0.2) is 12.4 Å². The van der Waals surface area contributed by atoms with Crippen LogP contribution in [-0.4, -0.2) is 23.7 Å². The predicted octanol–water partition coefficient (Wildman–Crippen LogP) is 2.68. The van der Waals surface area contributed by atoms with Crippen LogP contribution in [0.2, 0.25) is 5.02 Å². The minimum absolute atomic E-state index is 0.145. The summed E-state index contributed by atoms with van der Waals surface area (Å²) >= 11 is 5.89. The molecule has 2 rings (SSSR count). The average molecular weight is 338 g/mol. The Labute approximate surface area is 135 Å². The molecule has 0 atom stereocenters. The van der Waals surface area contributed by atoms with Crippen LogP contribution in [0.25, 0.3) is 0 Å². The Morgan fingerprint density at radius 1 is 1.48 bits per heavy atom. The summed E-state index contributed by atoms with van der Waals surface area (Å²) in [6.07, 6.45) is 1.15. The maximum Gasteiger partial charge on any atom is 0.433 e. The summed E-state index contributed by atoms with van der Waals surface area (Å²) < 4.78 is 10.1. The third kappa shape index (κ3) is 4.82. The fourth-order valence-electron chi connectivity index (χ4n) is 1.57. The average Bonchev–Trinajstić information content (AvgIpc) is 2.97. The SMILES string of the molecule is Cc1cc(OCC(=O)N/N=C\c2ccc([N+](=O)[O-])o2)ccc1Cl. The molecule has 0 aliphatic rings. The van der Waals surface area contributed by atoms with Crippen molar-refractivity contribution in [3.05, 3.63) is 56.8 Å². The van der Waals surface area contributed by atoms with Crippen LogP contribution in [0, 0.1) is 17.0 Å². The zero-order valence-corrected chi connectivity index (χ0v) is 12.7. The smallest absolute Gasteiger partial charge is 0.433 e. The van der Waals surface area contributed by atoms with E-state index in [9.17, 15) is 14.9 Å². The van der Waals surface area contributed by atoms with Gasteiger partial charge in [0.2, 0.25) is 0 Å². The van der Waals surface area contributed by atoms with Crippen molar-refractivity contribution in [2.24, 2.45) is 5.10 Å². The number of nitrogens with one attached hydrogen (secondary N) is 1. The van der Waals surface area contributed by atoms with E-state index in [1.807, 2.05) is 6.92 Å². The minimum Gasteiger partial charge on any atom is -0.484 e. The van der Waals surface area contributed by atoms with Gasteiger partial charge in [-0.1, -0.05) is 11.6 Å². The van der Waals surface area contributed by atoms with Gasteiger partial charge in [-0.25, -0.2) is 5.43 Å². The summed E-state index contributed by atoms with van der Waals surface area (Å²) in [5, 5.41) is 14.7. The first kappa shape index (κ1) is 16.5. The quantitative estimate of drug-likeness (QED) is 0.495. The molecule has 0 radical (unpaired) electrons. The van der Waals surface area contributed by atoms with Crippen LogP contribution in [0.5, 0.6) is 5.75 Å². The Morgan fingerprint density at radius 3 is 2.91 bits per heavy atom. The second-order valence-corrected chi connectivity index (χ2v) is 4.83. The van der Waals surface area contributed by atoms with E-state index in [-0.39, 0.29) is 12.4 Å². The lowest BCUT2D eigenvalue weighted by Crippen LogP contribution is -2.24. The van der Waals surface area contributed by atoms with Crippen LogP contribution >= 0.6 is 11.6 Å². The van der Waals surface area contributed by atoms with Crippen molar-refractivity contribution in [3.63, 3.8) is 0 Å². The Kier molecular flexibility index (Phi) is 5.32. The predicted molar refractivity (Wildman–Crippen MR) is 82.8 cm³/mol. The number of carbonyl (C=O) groups is 1. The van der Waals surface area contributed by atoms with Crippen LogP contribution in [0.1, 0.15) is 11.3 Å². The molecule has 0 saturated heterocycles. The molecule has 8 nitrogen and oxygen atoms in total. The van der Waals surface area contributed by atoms with Gasteiger partial charge in [-0.3, -0.25) is 14.9 Å². The summed E-state index contributed by atoms with van der Waals surface area (Å²) in [6, 6.07) is 7.58. The maximum atomic E-state index is 11.6. The molecule has 23 heavy (non-hydrogen) atoms. The minimum atomic E-state index is -0.669. The normalized spacial score (nSPS) is 10.7. The Hall–Kier alpha value is -2.87. The van der Waals surface area contributed by atoms with Gasteiger partial charge in [0, 0.05) is 5.02 Å². The molecule has 0 spiro atoms. The van der Waals surface area contributed by atoms with Gasteiger partial charge in [-0.15, -0.1) is 0 Å². The number of amides is 1. The van der Waals surface area contributed by atoms with Crippen LogP contribution in [-0.2, 0) is 4.79 Å². The third-order valence-corrected chi connectivity index (χ3v) is 3.10. The zero-order chi connectivity index (χ0) is 16.8. The number of hydrogen-bond acceptors (Lipinski definition) is 6. The van der Waals surface area contributed by atoms with Crippen LogP contribution < -0.4 is 10.2 Å². The number of nitrogens with zero attached hydrogens (tertiary/aromatic N) is 2. The highest BCUT2D eigenvalue weighted by atomic mass is 35.5. The van der Waals surface area contributed by atoms with Gasteiger partial charge in [0.1, 0.15) is 10.7 Å². The van der Waals surface area contributed by atoms with Gasteiger partial charge < -0.3 is 9.15 Å². The van der Waals surface area contributed by atoms with E-state index in [0.717, 1.165) is 11.8 Å². The number of ether oxygens (including phenoxy) is 1. The summed E-state index contributed by atoms with van der Waals surface area (Å²) in [4.78, 5) is 21.3. The molecule has 1 aromatic heterocycles. The molecule has 0 aliphatic heterocycles. The molecular weight excluding hydrogens is 326 g/mol. The van der Waals surface area contributed by atoms with Crippen molar-refractivity contribution in [1.82, 2.24) is 5.43 Å². The van der Waals surface area contributed by atoms with E-state index >= 15 is 0 Å². The molecule has 0 fully saturated rings. The third-order valence-electron chi connectivity index (χ3n) is 2.67. The first-order chi connectivity index (χ1) is 11.0. The summed E-state index contributed by atoms with van der Waals surface area (Å²) in [7, 11) is 0. The van der Waals surface area contributed by atoms with Gasteiger partial charge in [0.05, 0.1) is 12.3 Å².